The van der Waals surface area contributed by atoms with Crippen LogP contribution in [0.25, 0.3) is 0 Å². The van der Waals surface area contributed by atoms with Crippen molar-refractivity contribution in [2.75, 3.05) is 23.8 Å². The fraction of sp³-hybridized carbons (Fsp3) is 0.450. The van der Waals surface area contributed by atoms with Gasteiger partial charge in [0.05, 0.1) is 17.3 Å². The van der Waals surface area contributed by atoms with Crippen LogP contribution >= 0.6 is 11.8 Å². The third-order valence-corrected chi connectivity index (χ3v) is 7.70. The minimum atomic E-state index is -3.01. The van der Waals surface area contributed by atoms with Gasteiger partial charge in [0.15, 0.2) is 15.0 Å². The highest BCUT2D eigenvalue weighted by Crippen LogP contribution is 2.30. The monoisotopic (exact) mass is 434 g/mol. The summed E-state index contributed by atoms with van der Waals surface area (Å²) in [6, 6.07) is 8.13. The molecule has 1 aliphatic rings. The number of thioether (sulfide) groups is 1. The Kier molecular flexibility index (Phi) is 7.13. The van der Waals surface area contributed by atoms with Crippen molar-refractivity contribution in [2.24, 2.45) is 0 Å². The van der Waals surface area contributed by atoms with Gasteiger partial charge in [-0.2, -0.15) is 0 Å². The zero-order valence-electron chi connectivity index (χ0n) is 16.5. The van der Waals surface area contributed by atoms with Gasteiger partial charge in [0.25, 0.3) is 0 Å². The number of aromatic nitrogens is 3. The topological polar surface area (TPSA) is 93.9 Å². The number of nitrogens with zero attached hydrogens (tertiary/aromatic N) is 3. The van der Waals surface area contributed by atoms with Gasteiger partial charge in [0, 0.05) is 19.0 Å². The fourth-order valence-electron chi connectivity index (χ4n) is 3.42. The quantitative estimate of drug-likeness (QED) is 0.480. The lowest BCUT2D eigenvalue weighted by atomic mass is 10.1. The highest BCUT2D eigenvalue weighted by molar-refractivity contribution is 7.99. The Balaban J connectivity index is 1.55. The molecule has 1 atom stereocenters. The summed E-state index contributed by atoms with van der Waals surface area (Å²) < 4.78 is 25.5. The molecule has 0 aliphatic carbocycles. The summed E-state index contributed by atoms with van der Waals surface area (Å²) in [5, 5.41) is 12.0. The SMILES string of the molecule is C=CCn1c(SCC(=O)NCCc2ccccc2C)nnc1C1CCS(=O)(=O)C1. The zero-order valence-corrected chi connectivity index (χ0v) is 18.1. The molecule has 3 rings (SSSR count). The molecule has 1 N–H and O–H groups in total. The third kappa shape index (κ3) is 5.70. The molecule has 0 bridgehead atoms. The van der Waals surface area contributed by atoms with Gasteiger partial charge in [0.1, 0.15) is 5.82 Å². The van der Waals surface area contributed by atoms with E-state index in [4.69, 9.17) is 0 Å². The lowest BCUT2D eigenvalue weighted by Crippen LogP contribution is -2.27. The third-order valence-electron chi connectivity index (χ3n) is 4.96. The molecule has 0 radical (unpaired) electrons. The zero-order chi connectivity index (χ0) is 20.9. The van der Waals surface area contributed by atoms with Crippen molar-refractivity contribution in [2.45, 2.75) is 37.4 Å². The van der Waals surface area contributed by atoms with Crippen LogP contribution in [0.1, 0.15) is 29.3 Å². The minimum Gasteiger partial charge on any atom is -0.355 e. The summed E-state index contributed by atoms with van der Waals surface area (Å²) in [6.45, 7) is 6.88. The van der Waals surface area contributed by atoms with Crippen LogP contribution in [-0.2, 0) is 27.6 Å². The van der Waals surface area contributed by atoms with Crippen LogP contribution in [-0.4, -0.2) is 52.9 Å². The molecule has 2 heterocycles. The lowest BCUT2D eigenvalue weighted by molar-refractivity contribution is -0.118. The average Bonchev–Trinajstić information content (AvgIpc) is 3.24. The van der Waals surface area contributed by atoms with Crippen molar-refractivity contribution in [3.05, 3.63) is 53.9 Å². The molecule has 1 aliphatic heterocycles. The minimum absolute atomic E-state index is 0.0678. The molecule has 1 aromatic heterocycles. The summed E-state index contributed by atoms with van der Waals surface area (Å²) >= 11 is 1.30. The van der Waals surface area contributed by atoms with E-state index < -0.39 is 9.84 Å². The Hall–Kier alpha value is -2.13. The van der Waals surface area contributed by atoms with E-state index in [0.717, 1.165) is 6.42 Å². The van der Waals surface area contributed by atoms with Crippen molar-refractivity contribution in [1.82, 2.24) is 20.1 Å². The molecule has 1 saturated heterocycles. The summed E-state index contributed by atoms with van der Waals surface area (Å²) in [5.74, 6) is 0.961. The second kappa shape index (κ2) is 9.58. The average molecular weight is 435 g/mol. The van der Waals surface area contributed by atoms with Crippen LogP contribution in [0.2, 0.25) is 0 Å². The summed E-state index contributed by atoms with van der Waals surface area (Å²) in [5.41, 5.74) is 2.44. The van der Waals surface area contributed by atoms with Gasteiger partial charge in [-0.15, -0.1) is 16.8 Å². The molecule has 2 aromatic rings. The molecule has 0 saturated carbocycles. The Bertz CT molecular complexity index is 985. The number of amides is 1. The van der Waals surface area contributed by atoms with E-state index in [1.807, 2.05) is 16.7 Å². The van der Waals surface area contributed by atoms with Crippen LogP contribution in [0, 0.1) is 6.92 Å². The van der Waals surface area contributed by atoms with E-state index in [9.17, 15) is 13.2 Å². The largest absolute Gasteiger partial charge is 0.355 e. The maximum Gasteiger partial charge on any atom is 0.230 e. The number of carbonyl (C=O) groups excluding carboxylic acids is 1. The molecule has 1 unspecified atom stereocenters. The number of nitrogens with one attached hydrogen (secondary N) is 1. The molecule has 1 aromatic carbocycles. The van der Waals surface area contributed by atoms with Gasteiger partial charge in [-0.1, -0.05) is 42.1 Å². The van der Waals surface area contributed by atoms with Crippen LogP contribution < -0.4 is 5.32 Å². The molecule has 9 heteroatoms. The van der Waals surface area contributed by atoms with E-state index in [-0.39, 0.29) is 29.1 Å². The summed E-state index contributed by atoms with van der Waals surface area (Å²) in [7, 11) is -3.01. The van der Waals surface area contributed by atoms with Crippen LogP contribution in [0.4, 0.5) is 0 Å². The standard InChI is InChI=1S/C20H26N4O3S2/c1-3-11-24-19(17-9-12-29(26,27)14-17)22-23-20(24)28-13-18(25)21-10-8-16-7-5-4-6-15(16)2/h3-7,17H,1,8-14H2,2H3,(H,21,25). The van der Waals surface area contributed by atoms with E-state index in [2.05, 4.69) is 41.1 Å². The van der Waals surface area contributed by atoms with Crippen molar-refractivity contribution in [3.63, 3.8) is 0 Å². The number of hydrogen-bond acceptors (Lipinski definition) is 6. The first-order valence-electron chi connectivity index (χ1n) is 9.58. The second-order valence-corrected chi connectivity index (χ2v) is 10.3. The number of hydrogen-bond donors (Lipinski definition) is 1. The smallest absolute Gasteiger partial charge is 0.230 e. The molecule has 0 spiro atoms. The maximum absolute atomic E-state index is 12.2. The highest BCUT2D eigenvalue weighted by Gasteiger charge is 2.33. The van der Waals surface area contributed by atoms with E-state index in [1.165, 1.54) is 22.9 Å². The molecule has 1 fully saturated rings. The van der Waals surface area contributed by atoms with Gasteiger partial charge in [-0.25, -0.2) is 8.42 Å². The van der Waals surface area contributed by atoms with E-state index in [1.54, 1.807) is 6.08 Å². The van der Waals surface area contributed by atoms with Gasteiger partial charge < -0.3 is 9.88 Å². The number of sulfone groups is 1. The molecular weight excluding hydrogens is 408 g/mol. The number of benzene rings is 1. The normalized spacial score (nSPS) is 17.9. The molecule has 7 nitrogen and oxygen atoms in total. The van der Waals surface area contributed by atoms with Gasteiger partial charge in [-0.3, -0.25) is 4.79 Å². The number of allylic oxidation sites excluding steroid dienone is 1. The Morgan fingerprint density at radius 3 is 2.86 bits per heavy atom. The Labute approximate surface area is 175 Å². The van der Waals surface area contributed by atoms with Crippen molar-refractivity contribution >= 4 is 27.5 Å². The Morgan fingerprint density at radius 2 is 2.17 bits per heavy atom. The number of aryl methyl sites for hydroxylation is 1. The lowest BCUT2D eigenvalue weighted by Gasteiger charge is -2.11. The fourth-order valence-corrected chi connectivity index (χ4v) is 5.94. The van der Waals surface area contributed by atoms with Gasteiger partial charge in [-0.05, 0) is 30.9 Å². The number of carbonyl (C=O) groups is 1. The highest BCUT2D eigenvalue weighted by atomic mass is 32.2. The predicted molar refractivity (Wildman–Crippen MR) is 115 cm³/mol. The first-order valence-corrected chi connectivity index (χ1v) is 12.4. The molecular formula is C20H26N4O3S2. The van der Waals surface area contributed by atoms with Crippen molar-refractivity contribution < 1.29 is 13.2 Å². The van der Waals surface area contributed by atoms with Crippen molar-refractivity contribution in [3.8, 4) is 0 Å². The second-order valence-electron chi connectivity index (χ2n) is 7.16. The Morgan fingerprint density at radius 1 is 1.38 bits per heavy atom. The summed E-state index contributed by atoms with van der Waals surface area (Å²) in [6.07, 6.45) is 3.07. The molecule has 156 valence electrons. The predicted octanol–water partition coefficient (Wildman–Crippen LogP) is 2.13. The summed E-state index contributed by atoms with van der Waals surface area (Å²) in [4.78, 5) is 12.2. The van der Waals surface area contributed by atoms with Gasteiger partial charge in [0.2, 0.25) is 5.91 Å². The van der Waals surface area contributed by atoms with Gasteiger partial charge >= 0.3 is 0 Å². The van der Waals surface area contributed by atoms with Crippen molar-refractivity contribution in [1.29, 1.82) is 0 Å². The molecule has 29 heavy (non-hydrogen) atoms. The maximum atomic E-state index is 12.2. The van der Waals surface area contributed by atoms with Crippen LogP contribution in [0.5, 0.6) is 0 Å². The van der Waals surface area contributed by atoms with Crippen LogP contribution in [0.3, 0.4) is 0 Å². The van der Waals surface area contributed by atoms with E-state index in [0.29, 0.717) is 30.5 Å². The number of rotatable bonds is 9. The molecule has 1 amide bonds. The first-order chi connectivity index (χ1) is 13.9. The van der Waals surface area contributed by atoms with E-state index >= 15 is 0 Å². The first kappa shape index (κ1) is 21.6. The van der Waals surface area contributed by atoms with Crippen LogP contribution in [0.15, 0.2) is 42.1 Å².